The highest BCUT2D eigenvalue weighted by Gasteiger charge is 2.36. The van der Waals surface area contributed by atoms with Gasteiger partial charge in [-0.3, -0.25) is 0 Å². The zero-order chi connectivity index (χ0) is 20.6. The van der Waals surface area contributed by atoms with Gasteiger partial charge in [0.25, 0.3) is 0 Å². The Morgan fingerprint density at radius 2 is 1.68 bits per heavy atom. The Bertz CT molecular complexity index is 802. The van der Waals surface area contributed by atoms with Crippen LogP contribution in [0.25, 0.3) is 0 Å². The van der Waals surface area contributed by atoms with Crippen molar-refractivity contribution < 1.29 is 17.9 Å². The van der Waals surface area contributed by atoms with Gasteiger partial charge in [-0.2, -0.15) is 0 Å². The highest BCUT2D eigenvalue weighted by atomic mass is 32.2. The standard InChI is InChI=1S/C16H25NO4S.C6H8/c1-5-6-7-16(2)11-22(18,19)15-9-14(21-4)13(20-3)8-12(15)10-17-16;1-2-4-6-5-3-1/h8-9,17H,5-7,10-11H2,1-4H3;1-4H,5-6H2/t16-;/m1./s1. The van der Waals surface area contributed by atoms with Gasteiger partial charge in [0.2, 0.25) is 0 Å². The number of hydrogen-bond donors (Lipinski definition) is 1. The van der Waals surface area contributed by atoms with Crippen molar-refractivity contribution in [3.63, 3.8) is 0 Å². The second-order valence-electron chi connectivity index (χ2n) is 7.53. The van der Waals surface area contributed by atoms with Crippen molar-refractivity contribution >= 4 is 9.84 Å². The molecule has 1 aromatic rings. The van der Waals surface area contributed by atoms with Crippen LogP contribution in [0.2, 0.25) is 0 Å². The number of nitrogens with one attached hydrogen (secondary N) is 1. The van der Waals surface area contributed by atoms with Crippen LogP contribution in [-0.2, 0) is 16.4 Å². The third-order valence-electron chi connectivity index (χ3n) is 5.08. The Balaban J connectivity index is 0.000000397. The number of ether oxygens (including phenoxy) is 2. The molecule has 5 nitrogen and oxygen atoms in total. The van der Waals surface area contributed by atoms with Crippen molar-refractivity contribution in [3.05, 3.63) is 42.0 Å². The van der Waals surface area contributed by atoms with Gasteiger partial charge < -0.3 is 14.8 Å². The van der Waals surface area contributed by atoms with Gasteiger partial charge >= 0.3 is 0 Å². The molecule has 1 aliphatic carbocycles. The van der Waals surface area contributed by atoms with Gasteiger partial charge in [0.05, 0.1) is 24.9 Å². The van der Waals surface area contributed by atoms with Crippen molar-refractivity contribution in [2.75, 3.05) is 20.0 Å². The van der Waals surface area contributed by atoms with E-state index in [-0.39, 0.29) is 5.75 Å². The molecule has 1 atom stereocenters. The summed E-state index contributed by atoms with van der Waals surface area (Å²) in [6.45, 7) is 4.61. The Hall–Kier alpha value is -1.79. The molecule has 0 spiro atoms. The normalized spacial score (nSPS) is 22.4. The lowest BCUT2D eigenvalue weighted by Gasteiger charge is -2.28. The predicted molar refractivity (Wildman–Crippen MR) is 114 cm³/mol. The van der Waals surface area contributed by atoms with Gasteiger partial charge in [0.1, 0.15) is 0 Å². The quantitative estimate of drug-likeness (QED) is 0.783. The van der Waals surface area contributed by atoms with E-state index < -0.39 is 15.4 Å². The van der Waals surface area contributed by atoms with Crippen LogP contribution in [0.5, 0.6) is 11.5 Å². The number of unbranched alkanes of at least 4 members (excludes halogenated alkanes) is 1. The number of benzene rings is 1. The van der Waals surface area contributed by atoms with Crippen LogP contribution in [0.4, 0.5) is 0 Å². The van der Waals surface area contributed by atoms with Crippen LogP contribution in [0.3, 0.4) is 0 Å². The van der Waals surface area contributed by atoms with Crippen molar-refractivity contribution in [2.45, 2.75) is 62.9 Å². The molecular formula is C22H33NO4S. The Labute approximate surface area is 169 Å². The molecule has 0 saturated heterocycles. The fourth-order valence-corrected chi connectivity index (χ4v) is 5.51. The zero-order valence-electron chi connectivity index (χ0n) is 17.5. The van der Waals surface area contributed by atoms with Crippen molar-refractivity contribution in [1.29, 1.82) is 0 Å². The zero-order valence-corrected chi connectivity index (χ0v) is 18.3. The maximum Gasteiger partial charge on any atom is 0.180 e. The van der Waals surface area contributed by atoms with E-state index in [4.69, 9.17) is 9.47 Å². The summed E-state index contributed by atoms with van der Waals surface area (Å²) in [4.78, 5) is 0.345. The van der Waals surface area contributed by atoms with E-state index in [2.05, 4.69) is 36.5 Å². The predicted octanol–water partition coefficient (Wildman–Crippen LogP) is 4.42. The van der Waals surface area contributed by atoms with Gasteiger partial charge in [-0.25, -0.2) is 8.42 Å². The van der Waals surface area contributed by atoms with E-state index >= 15 is 0 Å². The second kappa shape index (κ2) is 10.1. The van der Waals surface area contributed by atoms with E-state index in [9.17, 15) is 8.42 Å². The lowest BCUT2D eigenvalue weighted by molar-refractivity contribution is 0.348. The van der Waals surface area contributed by atoms with Gasteiger partial charge in [-0.1, -0.05) is 44.1 Å². The largest absolute Gasteiger partial charge is 0.493 e. The first-order chi connectivity index (χ1) is 13.3. The van der Waals surface area contributed by atoms with E-state index in [0.717, 1.165) is 24.8 Å². The molecule has 1 aromatic carbocycles. The smallest absolute Gasteiger partial charge is 0.180 e. The molecule has 6 heteroatoms. The lowest BCUT2D eigenvalue weighted by atomic mass is 9.97. The van der Waals surface area contributed by atoms with Gasteiger partial charge in [-0.05, 0) is 37.8 Å². The van der Waals surface area contributed by atoms with Crippen LogP contribution in [0.1, 0.15) is 51.5 Å². The fourth-order valence-electron chi connectivity index (χ4n) is 3.46. The fraction of sp³-hybridized carbons (Fsp3) is 0.545. The number of hydrogen-bond acceptors (Lipinski definition) is 5. The molecule has 0 amide bonds. The number of rotatable bonds is 5. The Morgan fingerprint density at radius 3 is 2.18 bits per heavy atom. The summed E-state index contributed by atoms with van der Waals surface area (Å²) >= 11 is 0. The summed E-state index contributed by atoms with van der Waals surface area (Å²) < 4.78 is 36.1. The second-order valence-corrected chi connectivity index (χ2v) is 9.48. The minimum atomic E-state index is -3.37. The first kappa shape index (κ1) is 22.5. The van der Waals surface area contributed by atoms with Crippen LogP contribution in [-0.4, -0.2) is 33.9 Å². The third-order valence-corrected chi connectivity index (χ3v) is 7.15. The van der Waals surface area contributed by atoms with Crippen molar-refractivity contribution in [3.8, 4) is 11.5 Å². The summed E-state index contributed by atoms with van der Waals surface area (Å²) in [6.07, 6.45) is 13.9. The van der Waals surface area contributed by atoms with Gasteiger partial charge in [0.15, 0.2) is 21.3 Å². The molecule has 1 heterocycles. The minimum Gasteiger partial charge on any atom is -0.493 e. The summed E-state index contributed by atoms with van der Waals surface area (Å²) in [5.74, 6) is 1.10. The highest BCUT2D eigenvalue weighted by Crippen LogP contribution is 2.36. The summed E-state index contributed by atoms with van der Waals surface area (Å²) in [7, 11) is -0.311. The van der Waals surface area contributed by atoms with Crippen LogP contribution < -0.4 is 14.8 Å². The molecule has 0 unspecified atom stereocenters. The number of methoxy groups -OCH3 is 2. The summed E-state index contributed by atoms with van der Waals surface area (Å²) in [5, 5.41) is 3.42. The van der Waals surface area contributed by atoms with Crippen LogP contribution in [0.15, 0.2) is 41.3 Å². The molecule has 1 N–H and O–H groups in total. The van der Waals surface area contributed by atoms with E-state index in [1.54, 1.807) is 19.2 Å². The molecule has 0 bridgehead atoms. The summed E-state index contributed by atoms with van der Waals surface area (Å²) in [5.41, 5.74) is 0.326. The molecule has 3 rings (SSSR count). The first-order valence-electron chi connectivity index (χ1n) is 9.89. The monoisotopic (exact) mass is 407 g/mol. The number of sulfone groups is 1. The number of allylic oxidation sites excluding steroid dienone is 4. The van der Waals surface area contributed by atoms with Crippen molar-refractivity contribution in [2.24, 2.45) is 0 Å². The molecule has 28 heavy (non-hydrogen) atoms. The SMILES string of the molecule is C1=CCCC=C1.CCCC[C@]1(C)CS(=O)(=O)c2cc(OC)c(OC)cc2CN1. The van der Waals surface area contributed by atoms with Gasteiger partial charge in [-0.15, -0.1) is 0 Å². The van der Waals surface area contributed by atoms with E-state index in [1.807, 2.05) is 6.92 Å². The Morgan fingerprint density at radius 1 is 1.07 bits per heavy atom. The minimum absolute atomic E-state index is 0.0997. The first-order valence-corrected chi connectivity index (χ1v) is 11.5. The molecule has 2 aliphatic rings. The molecule has 1 aliphatic heterocycles. The third kappa shape index (κ3) is 5.85. The highest BCUT2D eigenvalue weighted by molar-refractivity contribution is 7.91. The molecule has 0 aromatic heterocycles. The molecule has 0 radical (unpaired) electrons. The maximum absolute atomic E-state index is 12.8. The average molecular weight is 408 g/mol. The number of fused-ring (bicyclic) bond motifs is 1. The molecule has 0 fully saturated rings. The Kier molecular flexibility index (Phi) is 8.13. The lowest BCUT2D eigenvalue weighted by Crippen LogP contribution is -2.45. The van der Waals surface area contributed by atoms with E-state index in [1.165, 1.54) is 20.0 Å². The molecular weight excluding hydrogens is 374 g/mol. The maximum atomic E-state index is 12.8. The molecule has 0 saturated carbocycles. The topological polar surface area (TPSA) is 64.6 Å². The van der Waals surface area contributed by atoms with Crippen molar-refractivity contribution in [1.82, 2.24) is 5.32 Å². The van der Waals surface area contributed by atoms with Gasteiger partial charge in [0, 0.05) is 18.2 Å². The summed E-state index contributed by atoms with van der Waals surface area (Å²) in [6, 6.07) is 3.33. The van der Waals surface area contributed by atoms with Crippen LogP contribution in [0, 0.1) is 0 Å². The van der Waals surface area contributed by atoms with E-state index in [0.29, 0.717) is 22.9 Å². The average Bonchev–Trinajstić information content (AvgIpc) is 2.80. The van der Waals surface area contributed by atoms with Crippen LogP contribution >= 0.6 is 0 Å². The molecule has 156 valence electrons.